The SMILES string of the molecule is CCOC(=O)c1c(N)sc(C(=O)OCCCCOC(=O)CC(=O)C(F)(F)F)c1C(F)(F)F. The van der Waals surface area contributed by atoms with Gasteiger partial charge in [-0.15, -0.1) is 11.3 Å². The van der Waals surface area contributed by atoms with E-state index in [0.29, 0.717) is 0 Å². The van der Waals surface area contributed by atoms with E-state index in [9.17, 15) is 45.5 Å². The van der Waals surface area contributed by atoms with Crippen LogP contribution in [-0.2, 0) is 30.0 Å². The highest BCUT2D eigenvalue weighted by Crippen LogP contribution is 2.42. The summed E-state index contributed by atoms with van der Waals surface area (Å²) in [7, 11) is 0. The van der Waals surface area contributed by atoms with Crippen LogP contribution in [0, 0.1) is 0 Å². The van der Waals surface area contributed by atoms with Gasteiger partial charge in [0.15, 0.2) is 0 Å². The molecule has 2 N–H and O–H groups in total. The number of alkyl halides is 6. The number of ketones is 1. The second-order valence-corrected chi connectivity index (χ2v) is 6.98. The lowest BCUT2D eigenvalue weighted by atomic mass is 10.1. The van der Waals surface area contributed by atoms with Gasteiger partial charge in [0.25, 0.3) is 0 Å². The zero-order valence-corrected chi connectivity index (χ0v) is 17.2. The van der Waals surface area contributed by atoms with Gasteiger partial charge >= 0.3 is 30.3 Å². The number of unbranched alkanes of at least 4 members (excludes halogenated alkanes) is 1. The second-order valence-electron chi connectivity index (χ2n) is 5.92. The van der Waals surface area contributed by atoms with Crippen LogP contribution in [0.15, 0.2) is 0 Å². The van der Waals surface area contributed by atoms with E-state index >= 15 is 0 Å². The molecular weight excluding hydrogens is 476 g/mol. The van der Waals surface area contributed by atoms with Crippen molar-refractivity contribution in [1.29, 1.82) is 0 Å². The molecule has 0 radical (unpaired) electrons. The number of carbonyl (C=O) groups is 4. The molecule has 0 aliphatic carbocycles. The van der Waals surface area contributed by atoms with Crippen LogP contribution in [0.4, 0.5) is 31.3 Å². The highest BCUT2D eigenvalue weighted by Gasteiger charge is 2.44. The summed E-state index contributed by atoms with van der Waals surface area (Å²) in [5.41, 5.74) is 2.89. The van der Waals surface area contributed by atoms with Crippen molar-refractivity contribution >= 4 is 40.0 Å². The highest BCUT2D eigenvalue weighted by molar-refractivity contribution is 7.18. The molecule has 1 rings (SSSR count). The Bertz CT molecular complexity index is 863. The van der Waals surface area contributed by atoms with Gasteiger partial charge in [0.1, 0.15) is 21.9 Å². The topological polar surface area (TPSA) is 122 Å². The Morgan fingerprint density at radius 1 is 0.906 bits per heavy atom. The van der Waals surface area contributed by atoms with Crippen LogP contribution in [0.1, 0.15) is 51.8 Å². The van der Waals surface area contributed by atoms with E-state index in [4.69, 9.17) is 10.5 Å². The summed E-state index contributed by atoms with van der Waals surface area (Å²) in [5.74, 6) is -6.43. The summed E-state index contributed by atoms with van der Waals surface area (Å²) in [6.07, 6.45) is -11.8. The molecule has 0 aliphatic heterocycles. The Labute approximate surface area is 180 Å². The quantitative estimate of drug-likeness (QED) is 0.173. The summed E-state index contributed by atoms with van der Waals surface area (Å²) in [6, 6.07) is 0. The van der Waals surface area contributed by atoms with Gasteiger partial charge in [-0.25, -0.2) is 9.59 Å². The van der Waals surface area contributed by atoms with Crippen LogP contribution in [0.25, 0.3) is 0 Å². The van der Waals surface area contributed by atoms with E-state index in [2.05, 4.69) is 9.47 Å². The summed E-state index contributed by atoms with van der Waals surface area (Å²) in [6.45, 7) is 0.310. The summed E-state index contributed by atoms with van der Waals surface area (Å²) < 4.78 is 89.9. The average Bonchev–Trinajstić information content (AvgIpc) is 3.01. The molecule has 1 aromatic rings. The fraction of sp³-hybridized carbons (Fsp3) is 0.529. The number of carbonyl (C=O) groups excluding carboxylic acids is 4. The maximum atomic E-state index is 13.4. The number of thiophene rings is 1. The molecule has 0 unspecified atom stereocenters. The zero-order valence-electron chi connectivity index (χ0n) is 16.4. The third-order valence-electron chi connectivity index (χ3n) is 3.54. The van der Waals surface area contributed by atoms with Crippen molar-refractivity contribution in [1.82, 2.24) is 0 Å². The van der Waals surface area contributed by atoms with Gasteiger partial charge < -0.3 is 19.9 Å². The van der Waals surface area contributed by atoms with Crippen LogP contribution < -0.4 is 5.73 Å². The minimum Gasteiger partial charge on any atom is -0.465 e. The molecule has 32 heavy (non-hydrogen) atoms. The Kier molecular flexibility index (Phi) is 9.48. The summed E-state index contributed by atoms with van der Waals surface area (Å²) >= 11 is 0.199. The maximum Gasteiger partial charge on any atom is 0.450 e. The van der Waals surface area contributed by atoms with Crippen LogP contribution in [0.5, 0.6) is 0 Å². The molecule has 15 heteroatoms. The first kappa shape index (κ1) is 27.2. The minimum absolute atomic E-state index is 0.0218. The van der Waals surface area contributed by atoms with Gasteiger partial charge in [0, 0.05) is 0 Å². The number of halogens is 6. The zero-order chi connectivity index (χ0) is 24.7. The summed E-state index contributed by atoms with van der Waals surface area (Å²) in [5, 5.41) is -0.581. The van der Waals surface area contributed by atoms with Gasteiger partial charge in [-0.05, 0) is 19.8 Å². The molecule has 0 spiro atoms. The van der Waals surface area contributed by atoms with Crippen LogP contribution in [0.2, 0.25) is 0 Å². The molecule has 8 nitrogen and oxygen atoms in total. The minimum atomic E-state index is -5.17. The molecule has 0 bridgehead atoms. The van der Waals surface area contributed by atoms with Crippen LogP contribution in [0.3, 0.4) is 0 Å². The largest absolute Gasteiger partial charge is 0.465 e. The van der Waals surface area contributed by atoms with Gasteiger partial charge in [0.05, 0.1) is 25.4 Å². The fourth-order valence-electron chi connectivity index (χ4n) is 2.17. The first-order chi connectivity index (χ1) is 14.7. The van der Waals surface area contributed by atoms with Crippen LogP contribution >= 0.6 is 11.3 Å². The molecule has 0 atom stereocenters. The number of hydrogen-bond acceptors (Lipinski definition) is 9. The molecule has 0 amide bonds. The number of ether oxygens (including phenoxy) is 3. The summed E-state index contributed by atoms with van der Waals surface area (Å²) in [4.78, 5) is 44.7. The molecule has 0 fully saturated rings. The van der Waals surface area contributed by atoms with Gasteiger partial charge in [-0.2, -0.15) is 26.3 Å². The molecule has 0 aromatic carbocycles. The average molecular weight is 493 g/mol. The van der Waals surface area contributed by atoms with E-state index < -0.39 is 76.7 Å². The Morgan fingerprint density at radius 2 is 1.47 bits per heavy atom. The van der Waals surface area contributed by atoms with Crippen molar-refractivity contribution < 1.29 is 59.7 Å². The molecule has 180 valence electrons. The van der Waals surface area contributed by atoms with Crippen molar-refractivity contribution in [2.45, 2.75) is 38.5 Å². The number of esters is 3. The van der Waals surface area contributed by atoms with E-state index in [1.165, 1.54) is 6.92 Å². The van der Waals surface area contributed by atoms with E-state index in [-0.39, 0.29) is 30.8 Å². The van der Waals surface area contributed by atoms with E-state index in [1.54, 1.807) is 0 Å². The van der Waals surface area contributed by atoms with Gasteiger partial charge in [-0.3, -0.25) is 9.59 Å². The molecule has 0 aliphatic rings. The monoisotopic (exact) mass is 493 g/mol. The Hall–Kier alpha value is -2.84. The van der Waals surface area contributed by atoms with Crippen molar-refractivity contribution in [3.05, 3.63) is 16.0 Å². The highest BCUT2D eigenvalue weighted by atomic mass is 32.1. The predicted molar refractivity (Wildman–Crippen MR) is 95.8 cm³/mol. The first-order valence-electron chi connectivity index (χ1n) is 8.79. The van der Waals surface area contributed by atoms with Crippen molar-refractivity contribution in [2.75, 3.05) is 25.6 Å². The number of anilines is 1. The molecule has 1 aromatic heterocycles. The van der Waals surface area contributed by atoms with Crippen molar-refractivity contribution in [3.63, 3.8) is 0 Å². The predicted octanol–water partition coefficient (Wildman–Crippen LogP) is 3.53. The van der Waals surface area contributed by atoms with Crippen LogP contribution in [-0.4, -0.2) is 49.7 Å². The van der Waals surface area contributed by atoms with Crippen molar-refractivity contribution in [2.24, 2.45) is 0 Å². The number of Topliss-reactive ketones (excluding diaryl/α,β-unsaturated/α-hetero) is 1. The molecule has 1 heterocycles. The lowest BCUT2D eigenvalue weighted by Gasteiger charge is -2.11. The number of nitrogens with two attached hydrogens (primary N) is 1. The molecule has 0 saturated carbocycles. The maximum absolute atomic E-state index is 13.4. The lowest BCUT2D eigenvalue weighted by Crippen LogP contribution is -2.26. The van der Waals surface area contributed by atoms with E-state index in [0.717, 1.165) is 0 Å². The number of hydrogen-bond donors (Lipinski definition) is 1. The van der Waals surface area contributed by atoms with Crippen molar-refractivity contribution in [3.8, 4) is 0 Å². The Morgan fingerprint density at radius 3 is 1.97 bits per heavy atom. The lowest BCUT2D eigenvalue weighted by molar-refractivity contribution is -0.174. The normalized spacial score (nSPS) is 11.7. The first-order valence-corrected chi connectivity index (χ1v) is 9.61. The Balaban J connectivity index is 2.62. The molecular formula is C17H17F6NO7S. The number of nitrogen functional groups attached to an aromatic ring is 1. The van der Waals surface area contributed by atoms with E-state index in [1.807, 2.05) is 0 Å². The molecule has 0 saturated heterocycles. The smallest absolute Gasteiger partial charge is 0.450 e. The van der Waals surface area contributed by atoms with Gasteiger partial charge in [-0.1, -0.05) is 0 Å². The van der Waals surface area contributed by atoms with Gasteiger partial charge in [0.2, 0.25) is 5.78 Å². The fourth-order valence-corrected chi connectivity index (χ4v) is 3.14. The second kappa shape index (κ2) is 11.2. The number of rotatable bonds is 10. The third-order valence-corrected chi connectivity index (χ3v) is 4.54. The third kappa shape index (κ3) is 7.69. The standard InChI is InChI=1S/C17H17F6NO7S/c1-2-29-14(27)10-11(17(21,22)23)12(32-13(10)24)15(28)31-6-4-3-5-30-9(26)7-8(25)16(18,19)20/h2-7,24H2,1H3.